The fourth-order valence-corrected chi connectivity index (χ4v) is 5.21. The monoisotopic (exact) mass is 630 g/mol. The van der Waals surface area contributed by atoms with Crippen molar-refractivity contribution in [3.05, 3.63) is 83.8 Å². The molecule has 46 heavy (non-hydrogen) atoms. The number of aryl methyl sites for hydroxylation is 2. The van der Waals surface area contributed by atoms with Crippen molar-refractivity contribution in [1.29, 1.82) is 0 Å². The number of aromatic nitrogens is 2. The number of benzene rings is 3. The summed E-state index contributed by atoms with van der Waals surface area (Å²) >= 11 is 0. The van der Waals surface area contributed by atoms with Gasteiger partial charge in [0.05, 0.1) is 25.6 Å². The van der Waals surface area contributed by atoms with Gasteiger partial charge in [-0.1, -0.05) is 18.2 Å². The Hall–Kier alpha value is -4.94. The van der Waals surface area contributed by atoms with Gasteiger partial charge in [-0.3, -0.25) is 4.90 Å². The van der Waals surface area contributed by atoms with Crippen molar-refractivity contribution in [2.24, 2.45) is 0 Å². The number of hydrogen-bond donors (Lipinski definition) is 1. The Bertz CT molecular complexity index is 1640. The molecule has 1 aliphatic rings. The Morgan fingerprint density at radius 2 is 1.72 bits per heavy atom. The predicted molar refractivity (Wildman–Crippen MR) is 175 cm³/mol. The maximum Gasteiger partial charge on any atom is 0.425 e. The molecule has 5 rings (SSSR count). The fourth-order valence-electron chi connectivity index (χ4n) is 5.21. The average Bonchev–Trinajstić information content (AvgIpc) is 3.04. The minimum Gasteiger partial charge on any atom is -0.497 e. The lowest BCUT2D eigenvalue weighted by atomic mass is 10.1. The molecule has 4 aromatic rings. The number of anilines is 4. The van der Waals surface area contributed by atoms with Crippen LogP contribution in [-0.2, 0) is 0 Å². The number of carbonyl (C=O) groups is 1. The summed E-state index contributed by atoms with van der Waals surface area (Å²) in [6.07, 6.45) is 0.733. The molecule has 3 aromatic carbocycles. The average molecular weight is 631 g/mol. The van der Waals surface area contributed by atoms with Crippen LogP contribution in [0.3, 0.4) is 0 Å². The van der Waals surface area contributed by atoms with Crippen LogP contribution in [0, 0.1) is 19.7 Å². The van der Waals surface area contributed by atoms with Crippen molar-refractivity contribution in [2.75, 3.05) is 70.8 Å². The highest BCUT2D eigenvalue weighted by Gasteiger charge is 2.27. The number of nitrogens with zero attached hydrogens (tertiary/aromatic N) is 5. The number of ether oxygens (including phenoxy) is 4. The van der Waals surface area contributed by atoms with Gasteiger partial charge in [0.2, 0.25) is 11.8 Å². The molecular weight excluding hydrogens is 591 g/mol. The Labute approximate surface area is 268 Å². The molecule has 0 atom stereocenters. The molecular formula is C34H39FN6O5. The van der Waals surface area contributed by atoms with Crippen LogP contribution in [0.15, 0.2) is 66.9 Å². The number of halogens is 1. The Morgan fingerprint density at radius 1 is 0.957 bits per heavy atom. The third-order valence-corrected chi connectivity index (χ3v) is 7.74. The van der Waals surface area contributed by atoms with Crippen molar-refractivity contribution in [3.8, 4) is 23.1 Å². The number of rotatable bonds is 11. The van der Waals surface area contributed by atoms with Crippen LogP contribution in [-0.4, -0.2) is 86.5 Å². The molecule has 0 bridgehead atoms. The molecule has 0 aliphatic carbocycles. The first-order chi connectivity index (χ1) is 22.2. The lowest BCUT2D eigenvalue weighted by molar-refractivity contribution is 0.132. The zero-order valence-electron chi connectivity index (χ0n) is 26.7. The molecule has 12 heteroatoms. The van der Waals surface area contributed by atoms with Gasteiger partial charge in [0.15, 0.2) is 11.6 Å². The highest BCUT2D eigenvalue weighted by Crippen LogP contribution is 2.40. The van der Waals surface area contributed by atoms with Crippen molar-refractivity contribution >= 4 is 29.1 Å². The van der Waals surface area contributed by atoms with Crippen LogP contribution in [0.4, 0.5) is 32.2 Å². The van der Waals surface area contributed by atoms with E-state index in [2.05, 4.69) is 32.1 Å². The molecule has 1 fully saturated rings. The smallest absolute Gasteiger partial charge is 0.425 e. The van der Waals surface area contributed by atoms with Gasteiger partial charge in [-0.2, -0.15) is 4.98 Å². The first kappa shape index (κ1) is 32.5. The number of nitrogens with one attached hydrogen (secondary N) is 1. The van der Waals surface area contributed by atoms with E-state index in [0.29, 0.717) is 35.2 Å². The molecule has 1 aromatic heterocycles. The number of piperazine rings is 1. The van der Waals surface area contributed by atoms with Gasteiger partial charge in [0.25, 0.3) is 0 Å². The third-order valence-electron chi connectivity index (χ3n) is 7.74. The van der Waals surface area contributed by atoms with E-state index in [4.69, 9.17) is 18.9 Å². The van der Waals surface area contributed by atoms with Crippen molar-refractivity contribution < 1.29 is 28.1 Å². The molecule has 1 aliphatic heterocycles. The van der Waals surface area contributed by atoms with E-state index in [1.54, 1.807) is 37.4 Å². The number of likely N-dealkylation sites (N-methyl/N-ethyl adjacent to an activating group) is 1. The number of methoxy groups -OCH3 is 2. The second kappa shape index (κ2) is 14.9. The van der Waals surface area contributed by atoms with Crippen LogP contribution in [0.2, 0.25) is 0 Å². The lowest BCUT2D eigenvalue weighted by Gasteiger charge is -2.32. The number of hydrogen-bond acceptors (Lipinski definition) is 10. The molecule has 1 saturated heterocycles. The summed E-state index contributed by atoms with van der Waals surface area (Å²) in [5.41, 5.74) is 3.22. The van der Waals surface area contributed by atoms with E-state index in [9.17, 15) is 9.18 Å². The largest absolute Gasteiger partial charge is 0.497 e. The topological polar surface area (TPSA) is 102 Å². The van der Waals surface area contributed by atoms with Crippen molar-refractivity contribution in [2.45, 2.75) is 13.8 Å². The number of amides is 1. The molecule has 2 heterocycles. The van der Waals surface area contributed by atoms with E-state index in [1.165, 1.54) is 30.3 Å². The Morgan fingerprint density at radius 3 is 2.41 bits per heavy atom. The SMILES string of the molecule is COc1ccc(N(C(=O)Oc2ccnc(Nc3ccc(OCCN4CCN(C)CC4)c(F)c3)n2)c2c(C)cccc2C)c(OC)c1. The minimum atomic E-state index is -0.713. The van der Waals surface area contributed by atoms with Gasteiger partial charge < -0.3 is 29.2 Å². The van der Waals surface area contributed by atoms with Crippen molar-refractivity contribution in [1.82, 2.24) is 19.8 Å². The molecule has 1 N–H and O–H groups in total. The van der Waals surface area contributed by atoms with Gasteiger partial charge in [-0.05, 0) is 56.3 Å². The Balaban J connectivity index is 1.30. The van der Waals surface area contributed by atoms with E-state index < -0.39 is 11.9 Å². The molecule has 242 valence electrons. The molecule has 1 amide bonds. The van der Waals surface area contributed by atoms with Crippen LogP contribution in [0.1, 0.15) is 11.1 Å². The first-order valence-electron chi connectivity index (χ1n) is 15.0. The normalized spacial score (nSPS) is 13.6. The van der Waals surface area contributed by atoms with Crippen LogP contribution in [0.5, 0.6) is 23.1 Å². The van der Waals surface area contributed by atoms with Crippen LogP contribution in [0.25, 0.3) is 0 Å². The summed E-state index contributed by atoms with van der Waals surface area (Å²) in [5, 5.41) is 2.97. The minimum absolute atomic E-state index is 0.00412. The summed E-state index contributed by atoms with van der Waals surface area (Å²) in [4.78, 5) is 28.5. The van der Waals surface area contributed by atoms with Crippen LogP contribution >= 0.6 is 0 Å². The fraction of sp³-hybridized carbons (Fsp3) is 0.324. The molecule has 0 spiro atoms. The highest BCUT2D eigenvalue weighted by molar-refractivity contribution is 6.00. The standard InChI is InChI=1S/C34H39FN6O5/c1-23-7-6-8-24(2)32(23)41(28-11-10-26(43-4)22-30(28)44-5)34(42)46-31-13-14-36-33(38-31)37-25-9-12-29(27(35)21-25)45-20-19-40-17-15-39(3)16-18-40/h6-14,21-22H,15-20H2,1-5H3,(H,36,37,38). The zero-order chi connectivity index (χ0) is 32.6. The first-order valence-corrected chi connectivity index (χ1v) is 15.0. The quantitative estimate of drug-likeness (QED) is 0.214. The lowest BCUT2D eigenvalue weighted by Crippen LogP contribution is -2.45. The molecule has 0 saturated carbocycles. The molecule has 11 nitrogen and oxygen atoms in total. The van der Waals surface area contributed by atoms with Crippen molar-refractivity contribution in [3.63, 3.8) is 0 Å². The number of carbonyl (C=O) groups excluding carboxylic acids is 1. The van der Waals surface area contributed by atoms with Gasteiger partial charge in [0, 0.05) is 62.8 Å². The third kappa shape index (κ3) is 7.82. The van der Waals surface area contributed by atoms with Gasteiger partial charge in [0.1, 0.15) is 18.1 Å². The van der Waals surface area contributed by atoms with E-state index >= 15 is 0 Å². The Kier molecular flexibility index (Phi) is 10.5. The number of para-hydroxylation sites is 1. The van der Waals surface area contributed by atoms with Gasteiger partial charge in [-0.15, -0.1) is 0 Å². The second-order valence-corrected chi connectivity index (χ2v) is 11.0. The molecule has 0 radical (unpaired) electrons. The second-order valence-electron chi connectivity index (χ2n) is 11.0. The summed E-state index contributed by atoms with van der Waals surface area (Å²) < 4.78 is 37.3. The highest BCUT2D eigenvalue weighted by atomic mass is 19.1. The zero-order valence-corrected chi connectivity index (χ0v) is 26.7. The molecule has 0 unspecified atom stereocenters. The van der Waals surface area contributed by atoms with E-state index in [1.807, 2.05) is 32.0 Å². The van der Waals surface area contributed by atoms with Crippen LogP contribution < -0.4 is 29.2 Å². The van der Waals surface area contributed by atoms with Gasteiger partial charge in [-0.25, -0.2) is 19.1 Å². The summed E-state index contributed by atoms with van der Waals surface area (Å²) in [5.74, 6) is 0.763. The van der Waals surface area contributed by atoms with E-state index in [0.717, 1.165) is 43.9 Å². The predicted octanol–water partition coefficient (Wildman–Crippen LogP) is 5.96. The maximum absolute atomic E-state index is 14.9. The summed E-state index contributed by atoms with van der Waals surface area (Å²) in [6, 6.07) is 16.9. The summed E-state index contributed by atoms with van der Waals surface area (Å²) in [6.45, 7) is 8.92. The van der Waals surface area contributed by atoms with Gasteiger partial charge >= 0.3 is 6.09 Å². The maximum atomic E-state index is 14.9. The summed E-state index contributed by atoms with van der Waals surface area (Å²) in [7, 11) is 5.18. The van der Waals surface area contributed by atoms with E-state index in [-0.39, 0.29) is 17.6 Å².